The fourth-order valence-corrected chi connectivity index (χ4v) is 2.00. The lowest BCUT2D eigenvalue weighted by Gasteiger charge is -2.12. The number of nitrogens with one attached hydrogen (secondary N) is 2. The maximum atomic E-state index is 12.0. The van der Waals surface area contributed by atoms with Crippen LogP contribution in [-0.4, -0.2) is 24.2 Å². The van der Waals surface area contributed by atoms with E-state index in [1.54, 1.807) is 24.3 Å². The summed E-state index contributed by atoms with van der Waals surface area (Å²) in [5.41, 5.74) is 0.508. The number of hydrogen-bond acceptors (Lipinski definition) is 3. The van der Waals surface area contributed by atoms with Crippen LogP contribution in [0.3, 0.4) is 0 Å². The molecule has 0 aromatic heterocycles. The topological polar surface area (TPSA) is 87.7 Å². The van der Waals surface area contributed by atoms with Crippen molar-refractivity contribution in [1.29, 1.82) is 0 Å². The van der Waals surface area contributed by atoms with Gasteiger partial charge in [0, 0.05) is 5.02 Å². The van der Waals surface area contributed by atoms with E-state index in [9.17, 15) is 9.59 Å². The van der Waals surface area contributed by atoms with Crippen LogP contribution in [0.5, 0.6) is 5.75 Å². The number of rotatable bonds is 4. The van der Waals surface area contributed by atoms with Crippen molar-refractivity contribution in [2.24, 2.45) is 0 Å². The molecule has 2 aromatic rings. The van der Waals surface area contributed by atoms with E-state index in [0.717, 1.165) is 0 Å². The van der Waals surface area contributed by atoms with Crippen LogP contribution >= 0.6 is 11.6 Å². The van der Waals surface area contributed by atoms with E-state index < -0.39 is 12.0 Å². The fourth-order valence-electron chi connectivity index (χ4n) is 1.83. The number of para-hydroxylation sites is 2. The molecule has 0 bridgehead atoms. The molecule has 2 aromatic carbocycles. The summed E-state index contributed by atoms with van der Waals surface area (Å²) in [6.07, 6.45) is 0. The van der Waals surface area contributed by atoms with Crippen molar-refractivity contribution in [2.45, 2.75) is 0 Å². The minimum absolute atomic E-state index is 0.0559. The lowest BCUT2D eigenvalue weighted by Crippen LogP contribution is -2.21. The number of urea groups is 1. The molecule has 0 radical (unpaired) electrons. The highest BCUT2D eigenvalue weighted by molar-refractivity contribution is 6.31. The molecule has 22 heavy (non-hydrogen) atoms. The molecule has 6 nitrogen and oxygen atoms in total. The minimum Gasteiger partial charge on any atom is -0.495 e. The first-order valence-corrected chi connectivity index (χ1v) is 6.63. The molecule has 0 fully saturated rings. The van der Waals surface area contributed by atoms with Crippen molar-refractivity contribution < 1.29 is 19.4 Å². The van der Waals surface area contributed by atoms with Crippen LogP contribution in [0.2, 0.25) is 5.02 Å². The van der Waals surface area contributed by atoms with Crippen LogP contribution in [0, 0.1) is 0 Å². The van der Waals surface area contributed by atoms with Crippen molar-refractivity contribution in [3.8, 4) is 5.75 Å². The van der Waals surface area contributed by atoms with Crippen molar-refractivity contribution >= 4 is 35.0 Å². The van der Waals surface area contributed by atoms with Crippen LogP contribution in [0.1, 0.15) is 10.4 Å². The van der Waals surface area contributed by atoms with Gasteiger partial charge in [0.05, 0.1) is 24.0 Å². The molecular formula is C15H13ClN2O4. The zero-order chi connectivity index (χ0) is 16.1. The molecule has 3 N–H and O–H groups in total. The van der Waals surface area contributed by atoms with Gasteiger partial charge in [0.2, 0.25) is 0 Å². The van der Waals surface area contributed by atoms with Gasteiger partial charge in [-0.05, 0) is 30.3 Å². The molecule has 2 amide bonds. The fraction of sp³-hybridized carbons (Fsp3) is 0.0667. The normalized spacial score (nSPS) is 9.91. The van der Waals surface area contributed by atoms with Gasteiger partial charge in [0.15, 0.2) is 0 Å². The zero-order valence-electron chi connectivity index (χ0n) is 11.6. The average Bonchev–Trinajstić information content (AvgIpc) is 2.47. The Bertz CT molecular complexity index is 718. The average molecular weight is 321 g/mol. The molecule has 0 aliphatic heterocycles. The van der Waals surface area contributed by atoms with Gasteiger partial charge >= 0.3 is 12.0 Å². The van der Waals surface area contributed by atoms with Gasteiger partial charge in [-0.15, -0.1) is 0 Å². The van der Waals surface area contributed by atoms with Crippen LogP contribution in [0.15, 0.2) is 42.5 Å². The molecule has 0 saturated heterocycles. The summed E-state index contributed by atoms with van der Waals surface area (Å²) < 4.78 is 5.12. The van der Waals surface area contributed by atoms with E-state index in [1.807, 2.05) is 0 Å². The van der Waals surface area contributed by atoms with Gasteiger partial charge in [0.25, 0.3) is 0 Å². The molecule has 0 atom stereocenters. The maximum absolute atomic E-state index is 12.0. The first-order valence-electron chi connectivity index (χ1n) is 6.25. The quantitative estimate of drug-likeness (QED) is 0.801. The number of aromatic carboxylic acids is 1. The number of carboxylic acids is 1. The standard InChI is InChI=1S/C15H13ClN2O4/c1-22-13-5-3-2-4-11(13)17-15(21)18-12-8-9(16)6-7-10(12)14(19)20/h2-8H,1H3,(H,19,20)(H2,17,18,21). The number of carboxylic acid groups (broad SMARTS) is 1. The van der Waals surface area contributed by atoms with Gasteiger partial charge in [-0.1, -0.05) is 23.7 Å². The Labute approximate surface area is 131 Å². The van der Waals surface area contributed by atoms with Crippen LogP contribution < -0.4 is 15.4 Å². The monoisotopic (exact) mass is 320 g/mol. The second-order valence-corrected chi connectivity index (χ2v) is 4.71. The Morgan fingerprint density at radius 2 is 1.77 bits per heavy atom. The first-order chi connectivity index (χ1) is 10.5. The van der Waals surface area contributed by atoms with Crippen LogP contribution in [-0.2, 0) is 0 Å². The van der Waals surface area contributed by atoms with Gasteiger partial charge in [-0.3, -0.25) is 0 Å². The molecule has 0 unspecified atom stereocenters. The summed E-state index contributed by atoms with van der Waals surface area (Å²) in [7, 11) is 1.48. The highest BCUT2D eigenvalue weighted by atomic mass is 35.5. The number of benzene rings is 2. The third kappa shape index (κ3) is 3.67. The Hall–Kier alpha value is -2.73. The van der Waals surface area contributed by atoms with Crippen molar-refractivity contribution in [2.75, 3.05) is 17.7 Å². The summed E-state index contributed by atoms with van der Waals surface area (Å²) in [4.78, 5) is 23.2. The van der Waals surface area contributed by atoms with E-state index >= 15 is 0 Å². The van der Waals surface area contributed by atoms with Gasteiger partial charge < -0.3 is 20.5 Å². The summed E-state index contributed by atoms with van der Waals surface area (Å²) in [6, 6.07) is 10.4. The smallest absolute Gasteiger partial charge is 0.337 e. The first kappa shape index (κ1) is 15.7. The van der Waals surface area contributed by atoms with E-state index in [-0.39, 0.29) is 11.3 Å². The predicted octanol–water partition coefficient (Wildman–Crippen LogP) is 3.69. The molecular weight excluding hydrogens is 308 g/mol. The molecule has 0 heterocycles. The second kappa shape index (κ2) is 6.82. The highest BCUT2D eigenvalue weighted by Crippen LogP contribution is 2.24. The number of anilines is 2. The molecule has 114 valence electrons. The summed E-state index contributed by atoms with van der Waals surface area (Å²) in [5, 5.41) is 14.5. The van der Waals surface area contributed by atoms with E-state index in [2.05, 4.69) is 10.6 Å². The van der Waals surface area contributed by atoms with Crippen molar-refractivity contribution in [3.05, 3.63) is 53.1 Å². The zero-order valence-corrected chi connectivity index (χ0v) is 12.3. The molecule has 0 aliphatic rings. The Morgan fingerprint density at radius 3 is 2.45 bits per heavy atom. The Kier molecular flexibility index (Phi) is 4.85. The summed E-state index contributed by atoms with van der Waals surface area (Å²) in [5.74, 6) is -0.675. The van der Waals surface area contributed by atoms with Crippen LogP contribution in [0.4, 0.5) is 16.2 Å². The lowest BCUT2D eigenvalue weighted by atomic mass is 10.2. The lowest BCUT2D eigenvalue weighted by molar-refractivity contribution is 0.0698. The number of methoxy groups -OCH3 is 1. The number of amides is 2. The van der Waals surface area contributed by atoms with Gasteiger partial charge in [0.1, 0.15) is 5.75 Å². The van der Waals surface area contributed by atoms with Crippen molar-refractivity contribution in [1.82, 2.24) is 0 Å². The van der Waals surface area contributed by atoms with Crippen molar-refractivity contribution in [3.63, 3.8) is 0 Å². The second-order valence-electron chi connectivity index (χ2n) is 4.27. The highest BCUT2D eigenvalue weighted by Gasteiger charge is 2.14. The molecule has 0 spiro atoms. The minimum atomic E-state index is -1.16. The maximum Gasteiger partial charge on any atom is 0.337 e. The summed E-state index contributed by atoms with van der Waals surface area (Å²) >= 11 is 5.83. The largest absolute Gasteiger partial charge is 0.495 e. The third-order valence-corrected chi connectivity index (χ3v) is 3.05. The number of ether oxygens (including phenoxy) is 1. The number of carbonyl (C=O) groups is 2. The molecule has 2 rings (SSSR count). The third-order valence-electron chi connectivity index (χ3n) is 2.82. The van der Waals surface area contributed by atoms with Crippen LogP contribution in [0.25, 0.3) is 0 Å². The molecule has 0 aliphatic carbocycles. The SMILES string of the molecule is COc1ccccc1NC(=O)Nc1cc(Cl)ccc1C(=O)O. The van der Waals surface area contributed by atoms with Gasteiger partial charge in [-0.25, -0.2) is 9.59 Å². The molecule has 7 heteroatoms. The van der Waals surface area contributed by atoms with E-state index in [0.29, 0.717) is 16.5 Å². The van der Waals surface area contributed by atoms with E-state index in [4.69, 9.17) is 21.4 Å². The Balaban J connectivity index is 2.19. The predicted molar refractivity (Wildman–Crippen MR) is 84.0 cm³/mol. The summed E-state index contributed by atoms with van der Waals surface area (Å²) in [6.45, 7) is 0. The molecule has 0 saturated carbocycles. The Morgan fingerprint density at radius 1 is 1.09 bits per heavy atom. The number of halogens is 1. The number of hydrogen-bond donors (Lipinski definition) is 3. The van der Waals surface area contributed by atoms with E-state index in [1.165, 1.54) is 25.3 Å². The number of carbonyl (C=O) groups excluding carboxylic acids is 1. The van der Waals surface area contributed by atoms with Gasteiger partial charge in [-0.2, -0.15) is 0 Å².